The van der Waals surface area contributed by atoms with E-state index in [0.717, 1.165) is 0 Å². The number of aromatic nitrogens is 2. The minimum atomic E-state index is -1.26. The Morgan fingerprint density at radius 2 is 2.10 bits per heavy atom. The molecule has 0 unspecified atom stereocenters. The number of nitro benzene ring substituents is 1. The third kappa shape index (κ3) is 2.94. The molecule has 1 aromatic carbocycles. The second-order valence-corrected chi connectivity index (χ2v) is 4.34. The molecule has 0 atom stereocenters. The summed E-state index contributed by atoms with van der Waals surface area (Å²) in [5.41, 5.74) is 0.724. The molecule has 1 aromatic heterocycles. The van der Waals surface area contributed by atoms with Gasteiger partial charge in [-0.1, -0.05) is 6.07 Å². The van der Waals surface area contributed by atoms with Crippen LogP contribution in [0.15, 0.2) is 24.4 Å². The van der Waals surface area contributed by atoms with E-state index >= 15 is 0 Å². The molecule has 21 heavy (non-hydrogen) atoms. The Balaban J connectivity index is 2.55. The van der Waals surface area contributed by atoms with Crippen molar-refractivity contribution in [3.63, 3.8) is 0 Å². The molecule has 0 saturated heterocycles. The van der Waals surface area contributed by atoms with Crippen LogP contribution < -0.4 is 4.74 Å². The van der Waals surface area contributed by atoms with Crippen molar-refractivity contribution in [1.82, 2.24) is 10.2 Å². The zero-order valence-corrected chi connectivity index (χ0v) is 11.2. The summed E-state index contributed by atoms with van der Waals surface area (Å²) in [6, 6.07) is 4.25. The Hall–Kier alpha value is -3.03. The molecule has 1 heterocycles. The van der Waals surface area contributed by atoms with Gasteiger partial charge in [-0.05, 0) is 31.0 Å². The van der Waals surface area contributed by atoms with Crippen molar-refractivity contribution in [1.29, 1.82) is 0 Å². The van der Waals surface area contributed by atoms with Gasteiger partial charge in [-0.15, -0.1) is 5.10 Å². The minimum Gasteiger partial charge on any atom is -0.477 e. The van der Waals surface area contributed by atoms with Crippen LogP contribution >= 0.6 is 0 Å². The lowest BCUT2D eigenvalue weighted by atomic mass is 10.1. The maximum absolute atomic E-state index is 11.1. The molecule has 0 aliphatic rings. The van der Waals surface area contributed by atoms with Crippen LogP contribution in [0, 0.1) is 24.0 Å². The molecule has 0 aliphatic heterocycles. The lowest BCUT2D eigenvalue weighted by Gasteiger charge is -2.10. The Bertz CT molecular complexity index is 730. The summed E-state index contributed by atoms with van der Waals surface area (Å²) in [6.07, 6.45) is 1.20. The number of hydrogen-bond donors (Lipinski definition) is 1. The number of aryl methyl sites for hydroxylation is 2. The summed E-state index contributed by atoms with van der Waals surface area (Å²) in [4.78, 5) is 21.6. The Kier molecular flexibility index (Phi) is 3.79. The van der Waals surface area contributed by atoms with Crippen LogP contribution in [0.2, 0.25) is 0 Å². The number of rotatable bonds is 4. The molecule has 2 aromatic rings. The van der Waals surface area contributed by atoms with E-state index in [1.165, 1.54) is 18.3 Å². The minimum absolute atomic E-state index is 0.0476. The molecule has 0 saturated carbocycles. The van der Waals surface area contributed by atoms with Gasteiger partial charge in [-0.25, -0.2) is 4.79 Å². The Morgan fingerprint density at radius 3 is 2.71 bits per heavy atom. The monoisotopic (exact) mass is 289 g/mol. The highest BCUT2D eigenvalue weighted by Gasteiger charge is 2.22. The number of hydrogen-bond acceptors (Lipinski definition) is 6. The summed E-state index contributed by atoms with van der Waals surface area (Å²) in [6.45, 7) is 3.35. The van der Waals surface area contributed by atoms with E-state index < -0.39 is 10.9 Å². The highest BCUT2D eigenvalue weighted by atomic mass is 16.6. The molecule has 2 rings (SSSR count). The molecule has 0 spiro atoms. The van der Waals surface area contributed by atoms with E-state index in [4.69, 9.17) is 9.84 Å². The SMILES string of the molecule is Cc1cc(C)c(Oc2nnccc2C(=O)O)c([N+](=O)[O-])c1. The van der Waals surface area contributed by atoms with Gasteiger partial charge in [0.2, 0.25) is 5.75 Å². The summed E-state index contributed by atoms with van der Waals surface area (Å²) in [7, 11) is 0. The van der Waals surface area contributed by atoms with E-state index in [1.54, 1.807) is 19.9 Å². The van der Waals surface area contributed by atoms with Crippen molar-refractivity contribution in [2.75, 3.05) is 0 Å². The number of nitro groups is 1. The lowest BCUT2D eigenvalue weighted by Crippen LogP contribution is -2.05. The van der Waals surface area contributed by atoms with Crippen LogP contribution in [-0.2, 0) is 0 Å². The van der Waals surface area contributed by atoms with Gasteiger partial charge >= 0.3 is 11.7 Å². The molecule has 0 fully saturated rings. The predicted molar refractivity (Wildman–Crippen MR) is 71.6 cm³/mol. The fourth-order valence-corrected chi connectivity index (χ4v) is 1.85. The first-order valence-corrected chi connectivity index (χ1v) is 5.88. The molecule has 0 amide bonds. The van der Waals surface area contributed by atoms with Crippen molar-refractivity contribution in [2.24, 2.45) is 0 Å². The van der Waals surface area contributed by atoms with Crippen LogP contribution in [0.25, 0.3) is 0 Å². The summed E-state index contributed by atoms with van der Waals surface area (Å²) < 4.78 is 5.35. The number of ether oxygens (including phenoxy) is 1. The molecule has 8 nitrogen and oxygen atoms in total. The number of carboxylic acid groups (broad SMARTS) is 1. The first kappa shape index (κ1) is 14.4. The number of aromatic carboxylic acids is 1. The number of carbonyl (C=O) groups is 1. The predicted octanol–water partition coefficient (Wildman–Crippen LogP) is 2.49. The lowest BCUT2D eigenvalue weighted by molar-refractivity contribution is -0.385. The second kappa shape index (κ2) is 5.53. The smallest absolute Gasteiger partial charge is 0.341 e. The molecule has 108 valence electrons. The van der Waals surface area contributed by atoms with Gasteiger partial charge in [-0.2, -0.15) is 5.10 Å². The van der Waals surface area contributed by atoms with Crippen molar-refractivity contribution in [3.8, 4) is 11.6 Å². The molecular formula is C13H11N3O5. The van der Waals surface area contributed by atoms with E-state index in [9.17, 15) is 14.9 Å². The summed E-state index contributed by atoms with van der Waals surface area (Å²) in [5.74, 6) is -1.60. The molecule has 0 bridgehead atoms. The normalized spacial score (nSPS) is 10.2. The quantitative estimate of drug-likeness (QED) is 0.678. The van der Waals surface area contributed by atoms with Gasteiger partial charge in [0.05, 0.1) is 11.1 Å². The van der Waals surface area contributed by atoms with Gasteiger partial charge in [0, 0.05) is 6.07 Å². The highest BCUT2D eigenvalue weighted by molar-refractivity contribution is 5.90. The average Bonchev–Trinajstić information content (AvgIpc) is 2.41. The van der Waals surface area contributed by atoms with Gasteiger partial charge in [-0.3, -0.25) is 10.1 Å². The molecule has 1 N–H and O–H groups in total. The maximum atomic E-state index is 11.1. The number of nitrogens with zero attached hydrogens (tertiary/aromatic N) is 3. The van der Waals surface area contributed by atoms with Gasteiger partial charge < -0.3 is 9.84 Å². The average molecular weight is 289 g/mol. The van der Waals surface area contributed by atoms with Crippen LogP contribution in [-0.4, -0.2) is 26.2 Å². The van der Waals surface area contributed by atoms with Gasteiger partial charge in [0.25, 0.3) is 5.88 Å². The second-order valence-electron chi connectivity index (χ2n) is 4.34. The topological polar surface area (TPSA) is 115 Å². The van der Waals surface area contributed by atoms with Crippen LogP contribution in [0.5, 0.6) is 11.6 Å². The van der Waals surface area contributed by atoms with Crippen molar-refractivity contribution < 1.29 is 19.6 Å². The van der Waals surface area contributed by atoms with Gasteiger partial charge in [0.15, 0.2) is 0 Å². The van der Waals surface area contributed by atoms with E-state index in [1.807, 2.05) is 0 Å². The number of benzene rings is 1. The van der Waals surface area contributed by atoms with Crippen molar-refractivity contribution >= 4 is 11.7 Å². The largest absolute Gasteiger partial charge is 0.477 e. The molecule has 0 radical (unpaired) electrons. The van der Waals surface area contributed by atoms with E-state index in [-0.39, 0.29) is 22.9 Å². The fourth-order valence-electron chi connectivity index (χ4n) is 1.85. The molecular weight excluding hydrogens is 278 g/mol. The van der Waals surface area contributed by atoms with Crippen LogP contribution in [0.4, 0.5) is 5.69 Å². The van der Waals surface area contributed by atoms with Crippen molar-refractivity contribution in [3.05, 3.63) is 51.2 Å². The molecule has 8 heteroatoms. The molecule has 0 aliphatic carbocycles. The standard InChI is InChI=1S/C13H11N3O5/c1-7-5-8(2)11(10(6-7)16(19)20)21-12-9(13(17)18)3-4-14-15-12/h3-6H,1-2H3,(H,17,18). The first-order valence-electron chi connectivity index (χ1n) is 5.88. The van der Waals surface area contributed by atoms with E-state index in [0.29, 0.717) is 11.1 Å². The summed E-state index contributed by atoms with van der Waals surface area (Å²) >= 11 is 0. The Labute approximate surface area is 119 Å². The van der Waals surface area contributed by atoms with Crippen molar-refractivity contribution in [2.45, 2.75) is 13.8 Å². The Morgan fingerprint density at radius 1 is 1.38 bits per heavy atom. The van der Waals surface area contributed by atoms with E-state index in [2.05, 4.69) is 10.2 Å². The fraction of sp³-hybridized carbons (Fsp3) is 0.154. The van der Waals surface area contributed by atoms with Gasteiger partial charge in [0.1, 0.15) is 5.56 Å². The highest BCUT2D eigenvalue weighted by Crippen LogP contribution is 2.35. The van der Waals surface area contributed by atoms with Crippen LogP contribution in [0.1, 0.15) is 21.5 Å². The zero-order chi connectivity index (χ0) is 15.6. The maximum Gasteiger partial charge on any atom is 0.341 e. The summed E-state index contributed by atoms with van der Waals surface area (Å²) in [5, 5.41) is 27.3. The number of carboxylic acids is 1. The first-order chi connectivity index (χ1) is 9.90. The zero-order valence-electron chi connectivity index (χ0n) is 11.2. The van der Waals surface area contributed by atoms with Crippen LogP contribution in [0.3, 0.4) is 0 Å². The third-order valence-corrected chi connectivity index (χ3v) is 2.71. The third-order valence-electron chi connectivity index (χ3n) is 2.71.